The summed E-state index contributed by atoms with van der Waals surface area (Å²) >= 11 is 0. The van der Waals surface area contributed by atoms with Gasteiger partial charge in [0.1, 0.15) is 0 Å². The average Bonchev–Trinajstić information content (AvgIpc) is 2.39. The number of hydrogen-bond acceptors (Lipinski definition) is 4. The maximum absolute atomic E-state index is 6.24. The van der Waals surface area contributed by atoms with Gasteiger partial charge in [-0.3, -0.25) is 9.88 Å². The molecule has 0 bridgehead atoms. The van der Waals surface area contributed by atoms with E-state index in [1.54, 1.807) is 6.20 Å². The first-order valence-electron chi connectivity index (χ1n) is 6.19. The van der Waals surface area contributed by atoms with Gasteiger partial charge in [0.25, 0.3) is 0 Å². The van der Waals surface area contributed by atoms with Crippen LogP contribution in [0.1, 0.15) is 25.5 Å². The second kappa shape index (κ2) is 5.58. The smallest absolute Gasteiger partial charge is 0.0895 e. The van der Waals surface area contributed by atoms with Gasteiger partial charge in [0.15, 0.2) is 0 Å². The lowest BCUT2D eigenvalue weighted by atomic mass is 10.0. The van der Waals surface area contributed by atoms with Gasteiger partial charge in [-0.2, -0.15) is 0 Å². The van der Waals surface area contributed by atoms with Crippen molar-refractivity contribution in [3.8, 4) is 0 Å². The zero-order chi connectivity index (χ0) is 12.3. The molecule has 0 amide bonds. The number of nitrogens with two attached hydrogens (primary N) is 1. The third-order valence-electron chi connectivity index (χ3n) is 3.33. The zero-order valence-electron chi connectivity index (χ0n) is 10.5. The summed E-state index contributed by atoms with van der Waals surface area (Å²) in [7, 11) is 0. The number of morpholine rings is 1. The fraction of sp³-hybridized carbons (Fsp3) is 0.615. The van der Waals surface area contributed by atoms with Gasteiger partial charge in [0, 0.05) is 31.5 Å². The summed E-state index contributed by atoms with van der Waals surface area (Å²) in [6, 6.07) is 4.38. The standard InChI is InChI=1S/C13H21N3O/c1-10(2)16-6-7-17-12(9-16)13(14)11-4-3-5-15-8-11/h3-5,8,10,12-13H,6-7,9,14H2,1-2H3. The summed E-state index contributed by atoms with van der Waals surface area (Å²) in [4.78, 5) is 6.51. The summed E-state index contributed by atoms with van der Waals surface area (Å²) < 4.78 is 5.78. The first-order chi connectivity index (χ1) is 8.18. The minimum Gasteiger partial charge on any atom is -0.374 e. The minimum absolute atomic E-state index is 0.0651. The molecule has 1 fully saturated rings. The lowest BCUT2D eigenvalue weighted by Gasteiger charge is -2.37. The minimum atomic E-state index is -0.0924. The Kier molecular flexibility index (Phi) is 4.10. The highest BCUT2D eigenvalue weighted by Crippen LogP contribution is 2.20. The van der Waals surface area contributed by atoms with E-state index in [2.05, 4.69) is 23.7 Å². The normalized spacial score (nSPS) is 23.9. The molecule has 2 heterocycles. The van der Waals surface area contributed by atoms with Gasteiger partial charge < -0.3 is 10.5 Å². The molecule has 2 unspecified atom stereocenters. The van der Waals surface area contributed by atoms with Crippen molar-refractivity contribution in [1.82, 2.24) is 9.88 Å². The predicted octanol–water partition coefficient (Wildman–Crippen LogP) is 1.19. The monoisotopic (exact) mass is 235 g/mol. The van der Waals surface area contributed by atoms with Crippen molar-refractivity contribution in [2.75, 3.05) is 19.7 Å². The fourth-order valence-electron chi connectivity index (χ4n) is 2.17. The number of nitrogens with zero attached hydrogens (tertiary/aromatic N) is 2. The van der Waals surface area contributed by atoms with E-state index >= 15 is 0 Å². The van der Waals surface area contributed by atoms with Gasteiger partial charge in [-0.05, 0) is 25.5 Å². The maximum atomic E-state index is 6.24. The van der Waals surface area contributed by atoms with Crippen LogP contribution in [0.2, 0.25) is 0 Å². The highest BCUT2D eigenvalue weighted by Gasteiger charge is 2.27. The molecule has 1 aliphatic rings. The van der Waals surface area contributed by atoms with Gasteiger partial charge in [0.2, 0.25) is 0 Å². The molecule has 2 rings (SSSR count). The van der Waals surface area contributed by atoms with E-state index in [1.165, 1.54) is 0 Å². The first-order valence-corrected chi connectivity index (χ1v) is 6.19. The van der Waals surface area contributed by atoms with Gasteiger partial charge in [-0.1, -0.05) is 6.07 Å². The lowest BCUT2D eigenvalue weighted by molar-refractivity contribution is -0.0503. The number of ether oxygens (including phenoxy) is 1. The van der Waals surface area contributed by atoms with E-state index < -0.39 is 0 Å². The Labute approximate surface area is 103 Å². The number of pyridine rings is 1. The summed E-state index contributed by atoms with van der Waals surface area (Å²) in [6.45, 7) is 7.06. The Morgan fingerprint density at radius 3 is 3.00 bits per heavy atom. The molecule has 1 aromatic rings. The molecule has 0 spiro atoms. The second-order valence-electron chi connectivity index (χ2n) is 4.81. The topological polar surface area (TPSA) is 51.4 Å². The highest BCUT2D eigenvalue weighted by molar-refractivity contribution is 5.15. The largest absolute Gasteiger partial charge is 0.374 e. The molecule has 2 atom stereocenters. The van der Waals surface area contributed by atoms with E-state index in [9.17, 15) is 0 Å². The van der Waals surface area contributed by atoms with Crippen LogP contribution in [0, 0.1) is 0 Å². The van der Waals surface area contributed by atoms with E-state index in [0.29, 0.717) is 6.04 Å². The Morgan fingerprint density at radius 2 is 2.35 bits per heavy atom. The third kappa shape index (κ3) is 3.03. The number of hydrogen-bond donors (Lipinski definition) is 1. The van der Waals surface area contributed by atoms with Crippen molar-refractivity contribution in [3.63, 3.8) is 0 Å². The van der Waals surface area contributed by atoms with Crippen LogP contribution in [0.25, 0.3) is 0 Å². The Morgan fingerprint density at radius 1 is 1.53 bits per heavy atom. The molecule has 0 aromatic carbocycles. The van der Waals surface area contributed by atoms with Gasteiger partial charge in [0.05, 0.1) is 18.8 Å². The van der Waals surface area contributed by atoms with Gasteiger partial charge in [-0.15, -0.1) is 0 Å². The molecule has 1 aliphatic heterocycles. The van der Waals surface area contributed by atoms with Crippen molar-refractivity contribution in [2.45, 2.75) is 32.0 Å². The van der Waals surface area contributed by atoms with Crippen LogP contribution < -0.4 is 5.73 Å². The van der Waals surface area contributed by atoms with Crippen molar-refractivity contribution in [2.24, 2.45) is 5.73 Å². The van der Waals surface area contributed by atoms with E-state index in [1.807, 2.05) is 18.3 Å². The Bertz CT molecular complexity index is 342. The summed E-state index contributed by atoms with van der Waals surface area (Å²) in [5.41, 5.74) is 7.28. The van der Waals surface area contributed by atoms with Crippen LogP contribution in [0.15, 0.2) is 24.5 Å². The van der Waals surface area contributed by atoms with Crippen LogP contribution in [-0.2, 0) is 4.74 Å². The van der Waals surface area contributed by atoms with Crippen LogP contribution in [-0.4, -0.2) is 41.7 Å². The molecule has 4 nitrogen and oxygen atoms in total. The molecule has 1 aromatic heterocycles. The summed E-state index contributed by atoms with van der Waals surface area (Å²) in [6.07, 6.45) is 3.65. The molecule has 1 saturated heterocycles. The molecular formula is C13H21N3O. The van der Waals surface area contributed by atoms with E-state index in [4.69, 9.17) is 10.5 Å². The third-order valence-corrected chi connectivity index (χ3v) is 3.33. The van der Waals surface area contributed by atoms with Crippen LogP contribution >= 0.6 is 0 Å². The molecule has 2 N–H and O–H groups in total. The van der Waals surface area contributed by atoms with Crippen molar-refractivity contribution in [1.29, 1.82) is 0 Å². The number of aromatic nitrogens is 1. The predicted molar refractivity (Wildman–Crippen MR) is 67.6 cm³/mol. The van der Waals surface area contributed by atoms with Crippen molar-refractivity contribution in [3.05, 3.63) is 30.1 Å². The van der Waals surface area contributed by atoms with Crippen molar-refractivity contribution >= 4 is 0 Å². The summed E-state index contributed by atoms with van der Waals surface area (Å²) in [5, 5.41) is 0. The molecular weight excluding hydrogens is 214 g/mol. The average molecular weight is 235 g/mol. The molecule has 0 aliphatic carbocycles. The Hall–Kier alpha value is -0.970. The van der Waals surface area contributed by atoms with Gasteiger partial charge in [-0.25, -0.2) is 0 Å². The maximum Gasteiger partial charge on any atom is 0.0895 e. The first kappa shape index (κ1) is 12.5. The van der Waals surface area contributed by atoms with Gasteiger partial charge >= 0.3 is 0 Å². The van der Waals surface area contributed by atoms with Crippen LogP contribution in [0.5, 0.6) is 0 Å². The molecule has 94 valence electrons. The second-order valence-corrected chi connectivity index (χ2v) is 4.81. The fourth-order valence-corrected chi connectivity index (χ4v) is 2.17. The van der Waals surface area contributed by atoms with Crippen LogP contribution in [0.4, 0.5) is 0 Å². The van der Waals surface area contributed by atoms with E-state index in [0.717, 1.165) is 25.3 Å². The number of rotatable bonds is 3. The quantitative estimate of drug-likeness (QED) is 0.855. The summed E-state index contributed by atoms with van der Waals surface area (Å²) in [5.74, 6) is 0. The highest BCUT2D eigenvalue weighted by atomic mass is 16.5. The van der Waals surface area contributed by atoms with E-state index in [-0.39, 0.29) is 12.1 Å². The Balaban J connectivity index is 2.02. The molecule has 0 saturated carbocycles. The lowest BCUT2D eigenvalue weighted by Crippen LogP contribution is -2.49. The zero-order valence-corrected chi connectivity index (χ0v) is 10.5. The molecule has 17 heavy (non-hydrogen) atoms. The molecule has 0 radical (unpaired) electrons. The van der Waals surface area contributed by atoms with Crippen molar-refractivity contribution < 1.29 is 4.74 Å². The SMILES string of the molecule is CC(C)N1CCOC(C(N)c2cccnc2)C1. The molecule has 4 heteroatoms. The van der Waals surface area contributed by atoms with Crippen LogP contribution in [0.3, 0.4) is 0 Å².